The number of benzene rings is 2. The molecular weight excluding hydrogens is 451 g/mol. The average Bonchev–Trinajstić information content (AvgIpc) is 3.24. The first kappa shape index (κ1) is 22.3. The van der Waals surface area contributed by atoms with Crippen LogP contribution in [0.3, 0.4) is 0 Å². The molecule has 5 rings (SSSR count). The molecule has 1 saturated heterocycles. The van der Waals surface area contributed by atoms with Crippen LogP contribution in [0.5, 0.6) is 5.88 Å². The number of nitrogens with two attached hydrogens (primary N) is 1. The number of likely N-dealkylation sites (tertiary alicyclic amines) is 1. The summed E-state index contributed by atoms with van der Waals surface area (Å²) in [6.07, 6.45) is 4.50. The van der Waals surface area contributed by atoms with Gasteiger partial charge in [0.2, 0.25) is 5.88 Å². The van der Waals surface area contributed by atoms with Crippen LogP contribution in [0.1, 0.15) is 28.8 Å². The molecule has 0 aliphatic carbocycles. The van der Waals surface area contributed by atoms with E-state index in [2.05, 4.69) is 9.97 Å². The first-order valence-corrected chi connectivity index (χ1v) is 12.1. The molecule has 0 radical (unpaired) electrons. The molecule has 1 aliphatic rings. The number of piperidine rings is 1. The number of hydrogen-bond donors (Lipinski definition) is 1. The zero-order chi connectivity index (χ0) is 23.7. The van der Waals surface area contributed by atoms with Gasteiger partial charge in [0.25, 0.3) is 5.91 Å². The molecule has 174 valence electrons. The van der Waals surface area contributed by atoms with Crippen LogP contribution in [0.2, 0.25) is 0 Å². The molecular formula is C26H25FN4O2S. The van der Waals surface area contributed by atoms with Gasteiger partial charge < -0.3 is 15.4 Å². The van der Waals surface area contributed by atoms with Gasteiger partial charge in [-0.3, -0.25) is 4.79 Å². The normalized spacial score (nSPS) is 16.1. The highest BCUT2D eigenvalue weighted by molar-refractivity contribution is 7.22. The molecule has 4 aromatic rings. The van der Waals surface area contributed by atoms with Gasteiger partial charge >= 0.3 is 0 Å². The van der Waals surface area contributed by atoms with Gasteiger partial charge in [0.1, 0.15) is 11.4 Å². The monoisotopic (exact) mass is 476 g/mol. The maximum absolute atomic E-state index is 13.6. The second-order valence-corrected chi connectivity index (χ2v) is 9.67. The van der Waals surface area contributed by atoms with Gasteiger partial charge in [0, 0.05) is 24.8 Å². The minimum atomic E-state index is -0.235. The van der Waals surface area contributed by atoms with Crippen molar-refractivity contribution >= 4 is 32.6 Å². The summed E-state index contributed by atoms with van der Waals surface area (Å²) < 4.78 is 19.7. The van der Waals surface area contributed by atoms with Crippen LogP contribution in [0.4, 0.5) is 9.52 Å². The van der Waals surface area contributed by atoms with Gasteiger partial charge in [-0.15, -0.1) is 0 Å². The number of anilines is 1. The highest BCUT2D eigenvalue weighted by atomic mass is 32.1. The van der Waals surface area contributed by atoms with Gasteiger partial charge in [-0.1, -0.05) is 29.5 Å². The molecule has 2 N–H and O–H groups in total. The summed E-state index contributed by atoms with van der Waals surface area (Å²) in [5.41, 5.74) is 10.00. The topological polar surface area (TPSA) is 81.3 Å². The Morgan fingerprint density at radius 3 is 2.82 bits per heavy atom. The van der Waals surface area contributed by atoms with Crippen LogP contribution in [0, 0.1) is 11.7 Å². The van der Waals surface area contributed by atoms with E-state index in [-0.39, 0.29) is 11.7 Å². The lowest BCUT2D eigenvalue weighted by Crippen LogP contribution is -2.40. The van der Waals surface area contributed by atoms with Crippen LogP contribution < -0.4 is 10.5 Å². The molecule has 1 atom stereocenters. The number of amides is 1. The number of carbonyl (C=O) groups excluding carboxylic acids is 1. The fourth-order valence-electron chi connectivity index (χ4n) is 4.59. The number of methoxy groups -OCH3 is 1. The van der Waals surface area contributed by atoms with Crippen molar-refractivity contribution in [3.63, 3.8) is 0 Å². The molecule has 0 spiro atoms. The Morgan fingerprint density at radius 2 is 2.03 bits per heavy atom. The number of thiazole rings is 1. The molecule has 2 aromatic heterocycles. The van der Waals surface area contributed by atoms with Gasteiger partial charge in [0.15, 0.2) is 5.13 Å². The first-order valence-electron chi connectivity index (χ1n) is 11.2. The standard InChI is InChI=1S/C26H25FN4O2S/c1-33-24-21(12-19(14-29-24)18-6-9-22-23(13-18)34-26(28)30-22)25(32)31-10-2-3-17(15-31)11-16-4-7-20(27)8-5-16/h4-9,12-14,17H,2-3,10-11,15H2,1H3,(H2,28,30)/t17-/m0/s1. The number of ether oxygens (including phenoxy) is 1. The number of halogens is 1. The van der Waals surface area contributed by atoms with E-state index in [0.717, 1.165) is 46.2 Å². The van der Waals surface area contributed by atoms with E-state index in [1.807, 2.05) is 41.3 Å². The van der Waals surface area contributed by atoms with Crippen molar-refractivity contribution in [2.75, 3.05) is 25.9 Å². The predicted molar refractivity (Wildman–Crippen MR) is 133 cm³/mol. The Morgan fingerprint density at radius 1 is 1.21 bits per heavy atom. The highest BCUT2D eigenvalue weighted by Crippen LogP contribution is 2.32. The zero-order valence-corrected chi connectivity index (χ0v) is 19.6. The largest absolute Gasteiger partial charge is 0.480 e. The third kappa shape index (κ3) is 4.59. The molecule has 1 aliphatic heterocycles. The van der Waals surface area contributed by atoms with E-state index in [1.165, 1.54) is 30.6 Å². The molecule has 1 fully saturated rings. The minimum Gasteiger partial charge on any atom is -0.480 e. The Kier molecular flexibility index (Phi) is 6.15. The van der Waals surface area contributed by atoms with Crippen LogP contribution in [-0.4, -0.2) is 41.0 Å². The average molecular weight is 477 g/mol. The zero-order valence-electron chi connectivity index (χ0n) is 18.8. The number of carbonyl (C=O) groups is 1. The number of fused-ring (bicyclic) bond motifs is 1. The molecule has 0 unspecified atom stereocenters. The van der Waals surface area contributed by atoms with Crippen molar-refractivity contribution in [1.29, 1.82) is 0 Å². The lowest BCUT2D eigenvalue weighted by atomic mass is 9.91. The summed E-state index contributed by atoms with van der Waals surface area (Å²) in [6.45, 7) is 1.34. The number of nitrogen functional groups attached to an aromatic ring is 1. The number of hydrogen-bond acceptors (Lipinski definition) is 6. The molecule has 0 bridgehead atoms. The van der Waals surface area contributed by atoms with E-state index in [1.54, 1.807) is 6.20 Å². The summed E-state index contributed by atoms with van der Waals surface area (Å²) in [5.74, 6) is 0.321. The van der Waals surface area contributed by atoms with Crippen LogP contribution in [0.15, 0.2) is 54.7 Å². The van der Waals surface area contributed by atoms with Gasteiger partial charge in [0.05, 0.1) is 17.3 Å². The van der Waals surface area contributed by atoms with Crippen molar-refractivity contribution in [1.82, 2.24) is 14.9 Å². The minimum absolute atomic E-state index is 0.0851. The van der Waals surface area contributed by atoms with Gasteiger partial charge in [-0.2, -0.15) is 0 Å². The van der Waals surface area contributed by atoms with Crippen LogP contribution >= 0.6 is 11.3 Å². The lowest BCUT2D eigenvalue weighted by Gasteiger charge is -2.33. The lowest BCUT2D eigenvalue weighted by molar-refractivity contribution is 0.0669. The Hall–Kier alpha value is -3.52. The molecule has 3 heterocycles. The van der Waals surface area contributed by atoms with Crippen molar-refractivity contribution in [2.24, 2.45) is 5.92 Å². The van der Waals surface area contributed by atoms with Gasteiger partial charge in [-0.25, -0.2) is 14.4 Å². The molecule has 8 heteroatoms. The summed E-state index contributed by atoms with van der Waals surface area (Å²) in [7, 11) is 1.53. The Balaban J connectivity index is 1.39. The summed E-state index contributed by atoms with van der Waals surface area (Å²) in [4.78, 5) is 24.2. The first-order chi connectivity index (χ1) is 16.5. The summed E-state index contributed by atoms with van der Waals surface area (Å²) in [5, 5.41) is 0.524. The van der Waals surface area contributed by atoms with E-state index >= 15 is 0 Å². The third-order valence-electron chi connectivity index (χ3n) is 6.26. The second kappa shape index (κ2) is 9.38. The summed E-state index contributed by atoms with van der Waals surface area (Å²) in [6, 6.07) is 14.4. The molecule has 34 heavy (non-hydrogen) atoms. The fourth-order valence-corrected chi connectivity index (χ4v) is 5.36. The molecule has 1 amide bonds. The van der Waals surface area contributed by atoms with E-state index in [4.69, 9.17) is 10.5 Å². The van der Waals surface area contributed by atoms with Crippen LogP contribution in [-0.2, 0) is 6.42 Å². The maximum atomic E-state index is 13.6. The van der Waals surface area contributed by atoms with Crippen molar-refractivity contribution in [3.05, 3.63) is 71.7 Å². The maximum Gasteiger partial charge on any atom is 0.259 e. The Bertz CT molecular complexity index is 1340. The van der Waals surface area contributed by atoms with E-state index in [0.29, 0.717) is 35.6 Å². The number of aromatic nitrogens is 2. The van der Waals surface area contributed by atoms with E-state index < -0.39 is 0 Å². The van der Waals surface area contributed by atoms with E-state index in [9.17, 15) is 9.18 Å². The molecule has 6 nitrogen and oxygen atoms in total. The quantitative estimate of drug-likeness (QED) is 0.429. The van der Waals surface area contributed by atoms with Crippen molar-refractivity contribution < 1.29 is 13.9 Å². The van der Waals surface area contributed by atoms with Gasteiger partial charge in [-0.05, 0) is 66.6 Å². The molecule has 0 saturated carbocycles. The highest BCUT2D eigenvalue weighted by Gasteiger charge is 2.27. The number of pyridine rings is 1. The number of rotatable bonds is 5. The third-order valence-corrected chi connectivity index (χ3v) is 7.10. The van der Waals surface area contributed by atoms with Crippen LogP contribution in [0.25, 0.3) is 21.3 Å². The summed E-state index contributed by atoms with van der Waals surface area (Å²) >= 11 is 1.43. The number of nitrogens with zero attached hydrogens (tertiary/aromatic N) is 3. The van der Waals surface area contributed by atoms with Crippen molar-refractivity contribution in [2.45, 2.75) is 19.3 Å². The fraction of sp³-hybridized carbons (Fsp3) is 0.269. The SMILES string of the molecule is COc1ncc(-c2ccc3nc(N)sc3c2)cc1C(=O)N1CCC[C@@H](Cc2ccc(F)cc2)C1. The second-order valence-electron chi connectivity index (χ2n) is 8.61. The molecule has 2 aromatic carbocycles. The smallest absolute Gasteiger partial charge is 0.259 e. The Labute approximate surface area is 201 Å². The van der Waals surface area contributed by atoms with Crippen molar-refractivity contribution in [3.8, 4) is 17.0 Å². The predicted octanol–water partition coefficient (Wildman–Crippen LogP) is 5.18.